The molecule has 1 radical (unpaired) electrons. The van der Waals surface area contributed by atoms with Gasteiger partial charge in [-0.05, 0) is 57.8 Å². The van der Waals surface area contributed by atoms with Gasteiger partial charge in [0.1, 0.15) is 0 Å². The summed E-state index contributed by atoms with van der Waals surface area (Å²) >= 11 is 0. The second kappa shape index (κ2) is 71.2. The van der Waals surface area contributed by atoms with Crippen LogP contribution in [0.1, 0.15) is 467 Å². The molecule has 0 atom stereocenters. The Hall–Kier alpha value is -0.239. The normalized spacial score (nSPS) is 11.7. The summed E-state index contributed by atoms with van der Waals surface area (Å²) in [5.74, 6) is -2.28. The fraction of sp³-hybridized carbons (Fsp3) is 0.962. The minimum Gasteiger partial charge on any atom is -0.550 e. The van der Waals surface area contributed by atoms with E-state index in [1.807, 2.05) is 0 Å². The Kier molecular flexibility index (Phi) is 76.4. The molecule has 0 aromatic rings. The van der Waals surface area contributed by atoms with E-state index in [2.05, 4.69) is 62.3 Å². The molecular weight excluding hydrogens is 1180 g/mol. The molecule has 0 heterocycles. The first kappa shape index (κ1) is 91.2. The van der Waals surface area contributed by atoms with Gasteiger partial charge < -0.3 is 29.7 Å². The van der Waals surface area contributed by atoms with Crippen molar-refractivity contribution < 1.29 is 70.5 Å². The average Bonchev–Trinajstić information content (AvgIpc) is 3.51. The van der Waals surface area contributed by atoms with Gasteiger partial charge in [0, 0.05) is 34.2 Å². The first-order valence-electron chi connectivity index (χ1n) is 38.5. The molecule has 0 unspecified atom stereocenters. The molecule has 0 aromatic heterocycles. The number of carbonyl (C=O) groups excluding carboxylic acids is 3. The second-order valence-corrected chi connectivity index (χ2v) is 27.4. The monoisotopic (exact) mass is 1330 g/mol. The second-order valence-electron chi connectivity index (χ2n) is 27.4. The van der Waals surface area contributed by atoms with Crippen LogP contribution < -0.4 is 15.3 Å². The SMILES string of the molecule is CCCCCCCCC(CCCCCCCC)(CCCCCCCC)C(=O)[O-].CCCCCCCCC(CCCCCCCC)(CCCCCCCC)C(=O)[O-].CCCCCCCCC(CCCCCCCC)(CCCCCCCC)C(=O)[O-].[Nd+3]. The molecule has 7 heteroatoms. The van der Waals surface area contributed by atoms with E-state index < -0.39 is 34.2 Å². The summed E-state index contributed by atoms with van der Waals surface area (Å²) < 4.78 is 0. The predicted octanol–water partition coefficient (Wildman–Crippen LogP) is 23.9. The van der Waals surface area contributed by atoms with Gasteiger partial charge in [-0.15, -0.1) is 0 Å². The average molecular weight is 1330 g/mol. The number of unbranched alkanes of at least 4 members (excludes halogenated alkanes) is 45. The van der Waals surface area contributed by atoms with Gasteiger partial charge in [-0.25, -0.2) is 0 Å². The molecule has 0 fully saturated rings. The van der Waals surface area contributed by atoms with Crippen molar-refractivity contribution in [3.8, 4) is 0 Å². The molecule has 0 aliphatic carbocycles. The molecule has 0 saturated carbocycles. The van der Waals surface area contributed by atoms with E-state index in [1.54, 1.807) is 0 Å². The molecule has 0 aliphatic heterocycles. The number of hydrogen-bond donors (Lipinski definition) is 0. The summed E-state index contributed by atoms with van der Waals surface area (Å²) in [6.45, 7) is 20.1. The molecule has 0 saturated heterocycles. The molecule has 6 nitrogen and oxygen atoms in total. The molecule has 505 valence electrons. The van der Waals surface area contributed by atoms with E-state index in [1.165, 1.54) is 289 Å². The molecule has 85 heavy (non-hydrogen) atoms. The third-order valence-electron chi connectivity index (χ3n) is 19.4. The van der Waals surface area contributed by atoms with Gasteiger partial charge in [0.25, 0.3) is 0 Å². The first-order valence-corrected chi connectivity index (χ1v) is 38.5. The van der Waals surface area contributed by atoms with Gasteiger partial charge in [0.05, 0.1) is 0 Å². The smallest absolute Gasteiger partial charge is 0.550 e. The number of hydrogen-bond acceptors (Lipinski definition) is 6. The van der Waals surface area contributed by atoms with Gasteiger partial charge in [-0.2, -0.15) is 0 Å². The van der Waals surface area contributed by atoms with E-state index in [4.69, 9.17) is 0 Å². The van der Waals surface area contributed by atoms with Crippen LogP contribution in [-0.4, -0.2) is 17.9 Å². The first-order chi connectivity index (χ1) is 40.9. The van der Waals surface area contributed by atoms with E-state index in [0.717, 1.165) is 116 Å². The Morgan fingerprint density at radius 2 is 0.259 bits per heavy atom. The Labute approximate surface area is 567 Å². The molecule has 0 bridgehead atoms. The zero-order valence-electron chi connectivity index (χ0n) is 59.5. The van der Waals surface area contributed by atoms with E-state index in [-0.39, 0.29) is 40.8 Å². The minimum absolute atomic E-state index is 0. The van der Waals surface area contributed by atoms with E-state index >= 15 is 0 Å². The largest absolute Gasteiger partial charge is 3.00 e. The van der Waals surface area contributed by atoms with Crippen molar-refractivity contribution in [3.63, 3.8) is 0 Å². The number of carboxylic acids is 3. The summed E-state index contributed by atoms with van der Waals surface area (Å²) in [6.07, 6.45) is 73.8. The third kappa shape index (κ3) is 57.4. The molecule has 0 spiro atoms. The van der Waals surface area contributed by atoms with Crippen molar-refractivity contribution in [2.75, 3.05) is 0 Å². The maximum atomic E-state index is 12.2. The van der Waals surface area contributed by atoms with Crippen molar-refractivity contribution in [1.82, 2.24) is 0 Å². The van der Waals surface area contributed by atoms with Gasteiger partial charge in [0.2, 0.25) is 0 Å². The molecule has 0 N–H and O–H groups in total. The molecule has 0 amide bonds. The van der Waals surface area contributed by atoms with Crippen LogP contribution >= 0.6 is 0 Å². The summed E-state index contributed by atoms with van der Waals surface area (Å²) in [6, 6.07) is 0. The van der Waals surface area contributed by atoms with Crippen molar-refractivity contribution in [1.29, 1.82) is 0 Å². The Morgan fingerprint density at radius 1 is 0.176 bits per heavy atom. The fourth-order valence-electron chi connectivity index (χ4n) is 13.2. The van der Waals surface area contributed by atoms with Crippen LogP contribution in [0.15, 0.2) is 0 Å². The van der Waals surface area contributed by atoms with Gasteiger partial charge >= 0.3 is 40.8 Å². The Morgan fingerprint density at radius 3 is 0.341 bits per heavy atom. The molecule has 0 aliphatic rings. The summed E-state index contributed by atoms with van der Waals surface area (Å²) in [5.41, 5.74) is -1.67. The standard InChI is InChI=1S/3C26H52O2.Nd/c3*1-4-7-10-13-16-19-22-26(25(27)28,23-20-17-14-11-8-5-2)24-21-18-15-12-9-6-3;/h3*4-24H2,1-3H3,(H,27,28);/q;;;+3/p-3. The predicted molar refractivity (Wildman–Crippen MR) is 364 cm³/mol. The third-order valence-corrected chi connectivity index (χ3v) is 19.4. The van der Waals surface area contributed by atoms with Crippen LogP contribution in [0.5, 0.6) is 0 Å². The van der Waals surface area contributed by atoms with Gasteiger partial charge in [-0.3, -0.25) is 0 Å². The van der Waals surface area contributed by atoms with Crippen molar-refractivity contribution >= 4 is 17.9 Å². The number of aliphatic carboxylic acids is 3. The topological polar surface area (TPSA) is 120 Å². The quantitative estimate of drug-likeness (QED) is 0.0559. The summed E-state index contributed by atoms with van der Waals surface area (Å²) in [7, 11) is 0. The molecule has 0 rings (SSSR count). The van der Waals surface area contributed by atoms with Gasteiger partial charge in [0.15, 0.2) is 0 Å². The van der Waals surface area contributed by atoms with E-state index in [9.17, 15) is 29.7 Å². The van der Waals surface area contributed by atoms with Crippen molar-refractivity contribution in [2.24, 2.45) is 16.2 Å². The summed E-state index contributed by atoms with van der Waals surface area (Å²) in [4.78, 5) is 36.6. The Bertz CT molecular complexity index is 1050. The number of carbonyl (C=O) groups is 3. The van der Waals surface area contributed by atoms with Gasteiger partial charge in [-0.1, -0.05) is 409 Å². The van der Waals surface area contributed by atoms with Crippen LogP contribution in [0.4, 0.5) is 0 Å². The number of carboxylic acid groups (broad SMARTS) is 3. The zero-order chi connectivity index (χ0) is 62.8. The molecular formula is C78H153NdO6. The fourth-order valence-corrected chi connectivity index (χ4v) is 13.2. The van der Waals surface area contributed by atoms with Crippen LogP contribution in [0.3, 0.4) is 0 Å². The minimum atomic E-state index is -0.761. The van der Waals surface area contributed by atoms with Crippen molar-refractivity contribution in [3.05, 3.63) is 0 Å². The van der Waals surface area contributed by atoms with Crippen LogP contribution in [0.25, 0.3) is 0 Å². The maximum Gasteiger partial charge on any atom is 3.00 e. The zero-order valence-corrected chi connectivity index (χ0v) is 62.7. The van der Waals surface area contributed by atoms with E-state index in [0.29, 0.717) is 0 Å². The van der Waals surface area contributed by atoms with Crippen LogP contribution in [0.2, 0.25) is 0 Å². The Balaban J connectivity index is -0.000000576. The number of rotatable bonds is 66. The van der Waals surface area contributed by atoms with Crippen LogP contribution in [-0.2, 0) is 14.4 Å². The maximum absolute atomic E-state index is 12.2. The van der Waals surface area contributed by atoms with Crippen molar-refractivity contribution in [2.45, 2.75) is 467 Å². The molecule has 0 aromatic carbocycles. The summed E-state index contributed by atoms with van der Waals surface area (Å²) in [5, 5.41) is 36.6. The van der Waals surface area contributed by atoms with Crippen LogP contribution in [0, 0.1) is 57.1 Å².